The van der Waals surface area contributed by atoms with Crippen LogP contribution in [0.1, 0.15) is 0 Å². The van der Waals surface area contributed by atoms with Gasteiger partial charge in [-0.05, 0) is 0 Å². The Morgan fingerprint density at radius 2 is 0.714 bits per heavy atom. The summed E-state index contributed by atoms with van der Waals surface area (Å²) in [6, 6.07) is 54.5. The summed E-state index contributed by atoms with van der Waals surface area (Å²) in [4.78, 5) is 2.44. The zero-order valence-corrected chi connectivity index (χ0v) is 22.1. The van der Waals surface area contributed by atoms with Gasteiger partial charge in [0, 0.05) is 0 Å². The first-order valence-electron chi connectivity index (χ1n) is 12.0. The molecule has 0 saturated carbocycles. The topological polar surface area (TPSA) is 3.24 Å². The molecule has 0 atom stereocenters. The minimum absolute atomic E-state index is 0.857. The van der Waals surface area contributed by atoms with Crippen molar-refractivity contribution in [3.63, 3.8) is 0 Å². The van der Waals surface area contributed by atoms with E-state index in [9.17, 15) is 0 Å². The van der Waals surface area contributed by atoms with Gasteiger partial charge in [0.25, 0.3) is 0 Å². The number of para-hydroxylation sites is 2. The predicted molar refractivity (Wildman–Crippen MR) is 159 cm³/mol. The van der Waals surface area contributed by atoms with Crippen molar-refractivity contribution in [1.82, 2.24) is 0 Å². The molecule has 5 aromatic rings. The molecule has 0 unspecified atom stereocenters. The van der Waals surface area contributed by atoms with E-state index in [2.05, 4.69) is 172 Å². The summed E-state index contributed by atoms with van der Waals surface area (Å²) in [5.41, 5.74) is 2.40. The van der Waals surface area contributed by atoms with Gasteiger partial charge in [0.05, 0.1) is 0 Å². The quantitative estimate of drug-likeness (QED) is 0.183. The number of halogens is 1. The van der Waals surface area contributed by atoms with E-state index >= 15 is 0 Å². The predicted octanol–water partition coefficient (Wildman–Crippen LogP) is 7.66. The molecule has 0 heterocycles. The zero-order chi connectivity index (χ0) is 24.0. The van der Waals surface area contributed by atoms with E-state index in [1.807, 2.05) is 0 Å². The molecular weight excluding hydrogens is 509 g/mol. The minimum atomic E-state index is -3.00. The molecule has 3 heteroatoms. The Morgan fingerprint density at radius 3 is 1.03 bits per heavy atom. The van der Waals surface area contributed by atoms with Crippen LogP contribution in [0.25, 0.3) is 0 Å². The summed E-state index contributed by atoms with van der Waals surface area (Å²) in [5, 5.41) is 1.03. The molecule has 0 amide bonds. The Hall–Kier alpha value is -3.19. The summed E-state index contributed by atoms with van der Waals surface area (Å²) < 4.78 is 0. The summed E-state index contributed by atoms with van der Waals surface area (Å²) in [7, 11) is 0. The van der Waals surface area contributed by atoms with Crippen LogP contribution in [0.5, 0.6) is 0 Å². The number of hydrogen-bond acceptors (Lipinski definition) is 1. The van der Waals surface area contributed by atoms with Crippen molar-refractivity contribution in [2.24, 2.45) is 0 Å². The SMILES string of the molecule is BrP(CCN(c1ccccc1)c1ccccc1)(c1ccccc1)(c1ccccc1)c1ccccc1. The molecule has 0 aromatic heterocycles. The standard InChI is InChI=1S/C32H29BrNP/c33-35(30-20-10-3-11-21-30,31-22-12-4-13-23-31,32-24-14-5-15-25-32)27-26-34(28-16-6-1-7-17-28)29-18-8-2-9-19-29/h1-25H,26-27H2. The normalized spacial score (nSPS) is 12.4. The van der Waals surface area contributed by atoms with Crippen LogP contribution in [-0.2, 0) is 0 Å². The third-order valence-corrected chi connectivity index (χ3v) is 16.7. The number of anilines is 2. The Bertz CT molecular complexity index is 1200. The van der Waals surface area contributed by atoms with Gasteiger partial charge < -0.3 is 0 Å². The van der Waals surface area contributed by atoms with Crippen molar-refractivity contribution in [2.45, 2.75) is 0 Å². The Balaban J connectivity index is 1.71. The van der Waals surface area contributed by atoms with Gasteiger partial charge in [0.15, 0.2) is 0 Å². The molecule has 174 valence electrons. The number of benzene rings is 5. The molecule has 0 N–H and O–H groups in total. The van der Waals surface area contributed by atoms with Gasteiger partial charge in [-0.3, -0.25) is 0 Å². The Morgan fingerprint density at radius 1 is 0.429 bits per heavy atom. The third-order valence-electron chi connectivity index (χ3n) is 6.76. The summed E-state index contributed by atoms with van der Waals surface area (Å²) >= 11 is 4.60. The number of rotatable bonds is 8. The number of nitrogens with zero attached hydrogens (tertiary/aromatic N) is 1. The molecule has 0 bridgehead atoms. The third kappa shape index (κ3) is 4.45. The maximum atomic E-state index is 4.60. The van der Waals surface area contributed by atoms with Crippen molar-refractivity contribution < 1.29 is 0 Å². The molecule has 0 aliphatic rings. The molecule has 5 rings (SSSR count). The fourth-order valence-corrected chi connectivity index (χ4v) is 12.2. The van der Waals surface area contributed by atoms with E-state index in [0.717, 1.165) is 12.7 Å². The fraction of sp³-hybridized carbons (Fsp3) is 0.0625. The molecule has 0 aliphatic carbocycles. The van der Waals surface area contributed by atoms with Gasteiger partial charge in [-0.25, -0.2) is 0 Å². The monoisotopic (exact) mass is 537 g/mol. The van der Waals surface area contributed by atoms with E-state index in [4.69, 9.17) is 0 Å². The van der Waals surface area contributed by atoms with Crippen LogP contribution in [0.2, 0.25) is 0 Å². The first-order valence-corrected chi connectivity index (χ1v) is 16.4. The molecule has 1 nitrogen and oxygen atoms in total. The van der Waals surface area contributed by atoms with Crippen LogP contribution in [-0.4, -0.2) is 12.7 Å². The molecule has 35 heavy (non-hydrogen) atoms. The maximum absolute atomic E-state index is 4.60. The van der Waals surface area contributed by atoms with Gasteiger partial charge in [-0.2, -0.15) is 0 Å². The average molecular weight is 538 g/mol. The average Bonchev–Trinajstić information content (AvgIpc) is 2.96. The van der Waals surface area contributed by atoms with Gasteiger partial charge in [0.2, 0.25) is 0 Å². The summed E-state index contributed by atoms with van der Waals surface area (Å²) in [6.45, 7) is 0.857. The molecule has 0 saturated heterocycles. The summed E-state index contributed by atoms with van der Waals surface area (Å²) in [5.74, 6) is 0. The molecule has 0 aliphatic heterocycles. The van der Waals surface area contributed by atoms with Crippen LogP contribution < -0.4 is 20.8 Å². The van der Waals surface area contributed by atoms with Crippen LogP contribution in [0, 0.1) is 0 Å². The molecule has 0 radical (unpaired) electrons. The molecule has 5 aromatic carbocycles. The van der Waals surface area contributed by atoms with Crippen molar-refractivity contribution in [2.75, 3.05) is 17.6 Å². The van der Waals surface area contributed by atoms with E-state index in [1.54, 1.807) is 0 Å². The van der Waals surface area contributed by atoms with Crippen LogP contribution in [0.15, 0.2) is 152 Å². The van der Waals surface area contributed by atoms with Gasteiger partial charge >= 0.3 is 217 Å². The van der Waals surface area contributed by atoms with Crippen molar-refractivity contribution in [1.29, 1.82) is 0 Å². The van der Waals surface area contributed by atoms with E-state index in [-0.39, 0.29) is 0 Å². The summed E-state index contributed by atoms with van der Waals surface area (Å²) in [6.07, 6.45) is 0.938. The van der Waals surface area contributed by atoms with Gasteiger partial charge in [0.1, 0.15) is 0 Å². The van der Waals surface area contributed by atoms with E-state index in [0.29, 0.717) is 0 Å². The molecule has 0 spiro atoms. The van der Waals surface area contributed by atoms with Gasteiger partial charge in [-0.15, -0.1) is 0 Å². The first-order chi connectivity index (χ1) is 17.2. The second-order valence-electron chi connectivity index (χ2n) is 8.74. The number of hydrogen-bond donors (Lipinski definition) is 0. The molecular formula is C32H29BrNP. The first kappa shape index (κ1) is 23.5. The van der Waals surface area contributed by atoms with E-state index in [1.165, 1.54) is 27.3 Å². The van der Waals surface area contributed by atoms with Crippen LogP contribution in [0.3, 0.4) is 0 Å². The Kier molecular flexibility index (Phi) is 6.86. The van der Waals surface area contributed by atoms with Crippen molar-refractivity contribution in [3.05, 3.63) is 152 Å². The van der Waals surface area contributed by atoms with E-state index < -0.39 is 5.31 Å². The van der Waals surface area contributed by atoms with Crippen LogP contribution >= 0.6 is 20.8 Å². The van der Waals surface area contributed by atoms with Crippen molar-refractivity contribution in [3.8, 4) is 0 Å². The molecule has 0 fully saturated rings. The van der Waals surface area contributed by atoms with Gasteiger partial charge in [-0.1, -0.05) is 0 Å². The van der Waals surface area contributed by atoms with Crippen LogP contribution in [0.4, 0.5) is 11.4 Å². The Labute approximate surface area is 216 Å². The zero-order valence-electron chi connectivity index (χ0n) is 19.6. The second kappa shape index (κ2) is 10.2. The second-order valence-corrected chi connectivity index (χ2v) is 17.8. The fourth-order valence-electron chi connectivity index (χ4n) is 4.96. The van der Waals surface area contributed by atoms with Crippen molar-refractivity contribution >= 4 is 48.1 Å².